The van der Waals surface area contributed by atoms with Crippen LogP contribution in [0, 0.1) is 5.82 Å². The van der Waals surface area contributed by atoms with Gasteiger partial charge in [0.1, 0.15) is 16.8 Å². The van der Waals surface area contributed by atoms with Gasteiger partial charge in [0.25, 0.3) is 0 Å². The number of rotatable bonds is 4. The lowest BCUT2D eigenvalue weighted by Gasteiger charge is -2.34. The number of benzene rings is 2. The lowest BCUT2D eigenvalue weighted by Crippen LogP contribution is -2.49. The highest BCUT2D eigenvalue weighted by atomic mass is 32.2. The van der Waals surface area contributed by atoms with Gasteiger partial charge in [0.05, 0.1) is 6.61 Å². The van der Waals surface area contributed by atoms with Crippen molar-refractivity contribution >= 4 is 16.0 Å². The Hall–Kier alpha value is -2.25. The van der Waals surface area contributed by atoms with E-state index in [0.29, 0.717) is 0 Å². The molecule has 1 atom stereocenters. The number of ether oxygens (including phenoxy) is 1. The Kier molecular flexibility index (Phi) is 4.87. The summed E-state index contributed by atoms with van der Waals surface area (Å²) in [5, 5.41) is 0. The Bertz CT molecular complexity index is 897. The smallest absolute Gasteiger partial charge is 0.324 e. The van der Waals surface area contributed by atoms with Gasteiger partial charge in [-0.15, -0.1) is 0 Å². The van der Waals surface area contributed by atoms with Crippen molar-refractivity contribution < 1.29 is 22.3 Å². The maximum Gasteiger partial charge on any atom is 0.324 e. The Morgan fingerprint density at radius 1 is 1.16 bits per heavy atom. The number of halogens is 1. The first-order valence-electron chi connectivity index (χ1n) is 7.95. The van der Waals surface area contributed by atoms with E-state index < -0.39 is 32.7 Å². The van der Waals surface area contributed by atoms with E-state index in [2.05, 4.69) is 0 Å². The molecule has 0 radical (unpaired) electrons. The second-order valence-corrected chi connectivity index (χ2v) is 7.58. The first-order valence-corrected chi connectivity index (χ1v) is 9.39. The van der Waals surface area contributed by atoms with Crippen molar-refractivity contribution in [2.24, 2.45) is 0 Å². The molecule has 0 spiro atoms. The van der Waals surface area contributed by atoms with Crippen LogP contribution in [0.25, 0.3) is 0 Å². The maximum absolute atomic E-state index is 14.1. The minimum atomic E-state index is -4.19. The van der Waals surface area contributed by atoms with E-state index in [1.165, 1.54) is 18.2 Å². The van der Waals surface area contributed by atoms with Crippen LogP contribution in [-0.4, -0.2) is 31.3 Å². The third-order valence-electron chi connectivity index (χ3n) is 4.19. The zero-order chi connectivity index (χ0) is 18.0. The van der Waals surface area contributed by atoms with Gasteiger partial charge in [-0.05, 0) is 30.2 Å². The van der Waals surface area contributed by atoms with Crippen LogP contribution >= 0.6 is 0 Å². The maximum atomic E-state index is 14.1. The molecule has 0 saturated carbocycles. The third kappa shape index (κ3) is 3.29. The van der Waals surface area contributed by atoms with Gasteiger partial charge in [-0.2, -0.15) is 4.31 Å². The average molecular weight is 363 g/mol. The fraction of sp³-hybridized carbons (Fsp3) is 0.278. The number of hydrogen-bond donors (Lipinski definition) is 0. The third-order valence-corrected chi connectivity index (χ3v) is 6.08. The van der Waals surface area contributed by atoms with Crippen LogP contribution in [0.5, 0.6) is 0 Å². The molecule has 0 amide bonds. The largest absolute Gasteiger partial charge is 0.465 e. The summed E-state index contributed by atoms with van der Waals surface area (Å²) in [7, 11) is -4.19. The lowest BCUT2D eigenvalue weighted by molar-refractivity contribution is -0.148. The topological polar surface area (TPSA) is 63.7 Å². The minimum Gasteiger partial charge on any atom is -0.465 e. The molecule has 5 nitrogen and oxygen atoms in total. The number of fused-ring (bicyclic) bond motifs is 1. The van der Waals surface area contributed by atoms with E-state index in [1.807, 2.05) is 12.1 Å². The summed E-state index contributed by atoms with van der Waals surface area (Å²) in [5.74, 6) is -1.47. The molecule has 132 valence electrons. The summed E-state index contributed by atoms with van der Waals surface area (Å²) >= 11 is 0. The molecule has 0 saturated heterocycles. The van der Waals surface area contributed by atoms with Gasteiger partial charge >= 0.3 is 5.97 Å². The van der Waals surface area contributed by atoms with E-state index >= 15 is 0 Å². The number of esters is 1. The van der Waals surface area contributed by atoms with Crippen LogP contribution in [0.2, 0.25) is 0 Å². The number of nitrogens with zero attached hydrogens (tertiary/aromatic N) is 1. The van der Waals surface area contributed by atoms with Crippen molar-refractivity contribution in [3.63, 3.8) is 0 Å². The number of carbonyl (C=O) groups is 1. The highest BCUT2D eigenvalue weighted by molar-refractivity contribution is 7.89. The Morgan fingerprint density at radius 3 is 2.48 bits per heavy atom. The van der Waals surface area contributed by atoms with Crippen molar-refractivity contribution in [3.8, 4) is 0 Å². The predicted octanol–water partition coefficient (Wildman–Crippen LogP) is 2.50. The van der Waals surface area contributed by atoms with Crippen LogP contribution in [0.4, 0.5) is 4.39 Å². The fourth-order valence-corrected chi connectivity index (χ4v) is 4.59. The summed E-state index contributed by atoms with van der Waals surface area (Å²) in [5.41, 5.74) is 1.68. The first kappa shape index (κ1) is 17.6. The second-order valence-electron chi connectivity index (χ2n) is 5.72. The summed E-state index contributed by atoms with van der Waals surface area (Å²) < 4.78 is 46.2. The molecule has 0 fully saturated rings. The molecule has 7 heteroatoms. The van der Waals surface area contributed by atoms with Crippen LogP contribution in [0.1, 0.15) is 18.1 Å². The first-order chi connectivity index (χ1) is 11.9. The standard InChI is InChI=1S/C18H18FNO4S/c1-2-24-18(21)16-11-13-7-3-4-8-14(13)12-20(16)25(22,23)17-10-6-5-9-15(17)19/h3-10,16H,2,11-12H2,1H3/t16-/m1/s1. The molecule has 1 aliphatic rings. The molecule has 2 aromatic carbocycles. The summed E-state index contributed by atoms with van der Waals surface area (Å²) in [6, 6.07) is 11.4. The summed E-state index contributed by atoms with van der Waals surface area (Å²) in [4.78, 5) is 11.9. The molecule has 3 rings (SSSR count). The fourth-order valence-electron chi connectivity index (χ4n) is 2.97. The van der Waals surface area contributed by atoms with Crippen LogP contribution in [-0.2, 0) is 32.5 Å². The monoisotopic (exact) mass is 363 g/mol. The van der Waals surface area contributed by atoms with Gasteiger partial charge < -0.3 is 4.74 Å². The molecule has 0 unspecified atom stereocenters. The van der Waals surface area contributed by atoms with Gasteiger partial charge in [0, 0.05) is 13.0 Å². The lowest BCUT2D eigenvalue weighted by atomic mass is 9.96. The molecule has 25 heavy (non-hydrogen) atoms. The van der Waals surface area contributed by atoms with Crippen molar-refractivity contribution in [2.45, 2.75) is 30.8 Å². The molecular formula is C18H18FNO4S. The second kappa shape index (κ2) is 6.93. The molecular weight excluding hydrogens is 345 g/mol. The zero-order valence-electron chi connectivity index (χ0n) is 13.7. The zero-order valence-corrected chi connectivity index (χ0v) is 14.5. The van der Waals surface area contributed by atoms with Crippen LogP contribution in [0.3, 0.4) is 0 Å². The SMILES string of the molecule is CCOC(=O)[C@H]1Cc2ccccc2CN1S(=O)(=O)c1ccccc1F. The molecule has 0 bridgehead atoms. The van der Waals surface area contributed by atoms with Crippen molar-refractivity contribution in [1.29, 1.82) is 0 Å². The number of sulfonamides is 1. The van der Waals surface area contributed by atoms with Crippen LogP contribution in [0.15, 0.2) is 53.4 Å². The molecule has 1 heterocycles. The summed E-state index contributed by atoms with van der Waals surface area (Å²) in [6.45, 7) is 1.80. The van der Waals surface area contributed by atoms with E-state index in [9.17, 15) is 17.6 Å². The summed E-state index contributed by atoms with van der Waals surface area (Å²) in [6.07, 6.45) is 0.197. The van der Waals surface area contributed by atoms with Gasteiger partial charge in [-0.25, -0.2) is 12.8 Å². The molecule has 0 N–H and O–H groups in total. The van der Waals surface area contributed by atoms with Crippen molar-refractivity contribution in [2.75, 3.05) is 6.61 Å². The Labute approximate surface area is 146 Å². The molecule has 0 aliphatic carbocycles. The van der Waals surface area contributed by atoms with Gasteiger partial charge in [-0.1, -0.05) is 36.4 Å². The average Bonchev–Trinajstić information content (AvgIpc) is 2.61. The van der Waals surface area contributed by atoms with E-state index in [4.69, 9.17) is 4.74 Å². The highest BCUT2D eigenvalue weighted by Gasteiger charge is 2.41. The Morgan fingerprint density at radius 2 is 1.80 bits per heavy atom. The van der Waals surface area contributed by atoms with Gasteiger partial charge in [0.2, 0.25) is 10.0 Å². The highest BCUT2D eigenvalue weighted by Crippen LogP contribution is 2.30. The van der Waals surface area contributed by atoms with E-state index in [0.717, 1.165) is 21.5 Å². The van der Waals surface area contributed by atoms with Crippen molar-refractivity contribution in [3.05, 3.63) is 65.5 Å². The van der Waals surface area contributed by atoms with Gasteiger partial charge in [-0.3, -0.25) is 4.79 Å². The van der Waals surface area contributed by atoms with Gasteiger partial charge in [0.15, 0.2) is 0 Å². The number of carbonyl (C=O) groups excluding carboxylic acids is 1. The van der Waals surface area contributed by atoms with Crippen molar-refractivity contribution in [1.82, 2.24) is 4.31 Å². The van der Waals surface area contributed by atoms with E-state index in [-0.39, 0.29) is 19.6 Å². The Balaban J connectivity index is 2.07. The number of hydrogen-bond acceptors (Lipinski definition) is 4. The predicted molar refractivity (Wildman–Crippen MR) is 89.7 cm³/mol. The molecule has 2 aromatic rings. The molecule has 0 aromatic heterocycles. The normalized spacial score (nSPS) is 17.8. The molecule has 1 aliphatic heterocycles. The quantitative estimate of drug-likeness (QED) is 0.783. The van der Waals surface area contributed by atoms with E-state index in [1.54, 1.807) is 19.1 Å². The van der Waals surface area contributed by atoms with Crippen LogP contribution < -0.4 is 0 Å². The minimum absolute atomic E-state index is 0.00365.